The van der Waals surface area contributed by atoms with Crippen molar-refractivity contribution in [2.45, 2.75) is 45.1 Å². The average molecular weight is 476 g/mol. The molecule has 0 bridgehead atoms. The van der Waals surface area contributed by atoms with Crippen LogP contribution in [0.25, 0.3) is 6.08 Å². The van der Waals surface area contributed by atoms with Gasteiger partial charge >= 0.3 is 16.1 Å². The van der Waals surface area contributed by atoms with Crippen LogP contribution in [0.4, 0.5) is 0 Å². The lowest BCUT2D eigenvalue weighted by atomic mass is 10.1. The van der Waals surface area contributed by atoms with Gasteiger partial charge in [0.2, 0.25) is 0 Å². The first-order valence-electron chi connectivity index (χ1n) is 10.2. The quantitative estimate of drug-likeness (QED) is 0.353. The van der Waals surface area contributed by atoms with Crippen LogP contribution in [-0.4, -0.2) is 39.5 Å². The predicted octanol–water partition coefficient (Wildman–Crippen LogP) is 3.55. The van der Waals surface area contributed by atoms with Crippen molar-refractivity contribution in [3.05, 3.63) is 59.2 Å². The monoisotopic (exact) mass is 475 g/mol. The molecule has 33 heavy (non-hydrogen) atoms. The normalized spacial score (nSPS) is 11.8. The highest BCUT2D eigenvalue weighted by molar-refractivity contribution is 7.87. The predicted molar refractivity (Wildman–Crippen MR) is 125 cm³/mol. The third-order valence-corrected chi connectivity index (χ3v) is 5.65. The fourth-order valence-electron chi connectivity index (χ4n) is 2.80. The van der Waals surface area contributed by atoms with Crippen LogP contribution in [0.1, 0.15) is 37.5 Å². The number of benzene rings is 2. The number of hydrogen-bond acceptors (Lipinski definition) is 7. The Morgan fingerprint density at radius 3 is 2.36 bits per heavy atom. The van der Waals surface area contributed by atoms with Crippen molar-refractivity contribution < 1.29 is 31.7 Å². The molecule has 2 aromatic carbocycles. The smallest absolute Gasteiger partial charge is 0.339 e. The van der Waals surface area contributed by atoms with Gasteiger partial charge in [-0.05, 0) is 75.6 Å². The van der Waals surface area contributed by atoms with Crippen LogP contribution in [0.3, 0.4) is 0 Å². The third kappa shape index (κ3) is 7.94. The first-order chi connectivity index (χ1) is 15.3. The van der Waals surface area contributed by atoms with Crippen molar-refractivity contribution in [1.82, 2.24) is 5.32 Å². The Bertz CT molecular complexity index is 1160. The molecular formula is C24H29NO7S. The van der Waals surface area contributed by atoms with Crippen molar-refractivity contribution in [3.63, 3.8) is 0 Å². The van der Waals surface area contributed by atoms with Gasteiger partial charge in [0.25, 0.3) is 5.91 Å². The summed E-state index contributed by atoms with van der Waals surface area (Å²) in [4.78, 5) is 23.7. The van der Waals surface area contributed by atoms with Crippen molar-refractivity contribution >= 4 is 28.1 Å². The lowest BCUT2D eigenvalue weighted by molar-refractivity contribution is -0.144. The molecule has 0 unspecified atom stereocenters. The second-order valence-corrected chi connectivity index (χ2v) is 9.97. The number of carbonyl (C=O) groups is 2. The third-order valence-electron chi connectivity index (χ3n) is 4.27. The van der Waals surface area contributed by atoms with Gasteiger partial charge in [0.05, 0.1) is 7.11 Å². The van der Waals surface area contributed by atoms with Gasteiger partial charge in [-0.15, -0.1) is 0 Å². The van der Waals surface area contributed by atoms with Crippen LogP contribution in [-0.2, 0) is 24.4 Å². The van der Waals surface area contributed by atoms with E-state index in [1.54, 1.807) is 32.0 Å². The average Bonchev–Trinajstić information content (AvgIpc) is 2.71. The fraction of sp³-hybridized carbons (Fsp3) is 0.333. The Kier molecular flexibility index (Phi) is 8.27. The lowest BCUT2D eigenvalue weighted by Crippen LogP contribution is -2.42. The molecule has 0 saturated carbocycles. The molecular weight excluding hydrogens is 446 g/mol. The minimum atomic E-state index is -4.08. The maximum atomic E-state index is 12.8. The Morgan fingerprint density at radius 1 is 1.03 bits per heavy atom. The number of aryl methyl sites for hydroxylation is 2. The molecule has 8 nitrogen and oxygen atoms in total. The summed E-state index contributed by atoms with van der Waals surface area (Å²) in [5.41, 5.74) is 1.47. The van der Waals surface area contributed by atoms with Gasteiger partial charge in [-0.2, -0.15) is 8.42 Å². The molecule has 0 saturated heterocycles. The molecule has 1 amide bonds. The topological polar surface area (TPSA) is 108 Å². The van der Waals surface area contributed by atoms with Crippen LogP contribution < -0.4 is 14.2 Å². The highest BCUT2D eigenvalue weighted by Crippen LogP contribution is 2.32. The van der Waals surface area contributed by atoms with Crippen LogP contribution in [0.2, 0.25) is 0 Å². The standard InChI is InChI=1S/C24H29NO7S/c1-16-7-8-17(2)21(13-16)33(28,29)32-19-11-9-18(14-20(19)30-6)10-12-23(27)31-15-22(26)25-24(3,4)5/h7-14H,15H2,1-6H3,(H,25,26)/b12-10+. The molecule has 0 aliphatic rings. The first kappa shape index (κ1) is 25.9. The summed E-state index contributed by atoms with van der Waals surface area (Å²) in [5, 5.41) is 2.69. The van der Waals surface area contributed by atoms with Crippen LogP contribution in [0, 0.1) is 13.8 Å². The van der Waals surface area contributed by atoms with E-state index in [0.717, 1.165) is 11.6 Å². The maximum absolute atomic E-state index is 12.8. The van der Waals surface area contributed by atoms with E-state index in [-0.39, 0.29) is 16.4 Å². The number of hydrogen-bond donors (Lipinski definition) is 1. The molecule has 9 heteroatoms. The second kappa shape index (κ2) is 10.5. The molecule has 0 heterocycles. The minimum Gasteiger partial charge on any atom is -0.493 e. The van der Waals surface area contributed by atoms with E-state index in [4.69, 9.17) is 13.7 Å². The summed E-state index contributed by atoms with van der Waals surface area (Å²) < 4.78 is 41.0. The van der Waals surface area contributed by atoms with Gasteiger partial charge in [-0.1, -0.05) is 18.2 Å². The minimum absolute atomic E-state index is 0.0111. The zero-order chi connectivity index (χ0) is 24.8. The van der Waals surface area contributed by atoms with E-state index in [2.05, 4.69) is 5.32 Å². The summed E-state index contributed by atoms with van der Waals surface area (Å²) in [7, 11) is -2.70. The van der Waals surface area contributed by atoms with Crippen LogP contribution in [0.5, 0.6) is 11.5 Å². The number of methoxy groups -OCH3 is 1. The first-order valence-corrected chi connectivity index (χ1v) is 11.6. The van der Waals surface area contributed by atoms with E-state index in [9.17, 15) is 18.0 Å². The van der Waals surface area contributed by atoms with Gasteiger partial charge in [0.15, 0.2) is 18.1 Å². The Labute approximate surface area is 194 Å². The number of esters is 1. The maximum Gasteiger partial charge on any atom is 0.339 e. The molecule has 0 aliphatic carbocycles. The van der Waals surface area contributed by atoms with E-state index in [1.165, 1.54) is 25.3 Å². The summed E-state index contributed by atoms with van der Waals surface area (Å²) in [5.74, 6) is -0.922. The van der Waals surface area contributed by atoms with Crippen molar-refractivity contribution in [3.8, 4) is 11.5 Å². The van der Waals surface area contributed by atoms with E-state index >= 15 is 0 Å². The lowest BCUT2D eigenvalue weighted by Gasteiger charge is -2.20. The van der Waals surface area contributed by atoms with Crippen molar-refractivity contribution in [1.29, 1.82) is 0 Å². The van der Waals surface area contributed by atoms with Crippen molar-refractivity contribution in [2.24, 2.45) is 0 Å². The number of ether oxygens (including phenoxy) is 2. The summed E-state index contributed by atoms with van der Waals surface area (Å²) in [6.45, 7) is 8.55. The molecule has 0 fully saturated rings. The van der Waals surface area contributed by atoms with E-state index < -0.39 is 34.1 Å². The molecule has 0 aliphatic heterocycles. The Balaban J connectivity index is 2.11. The highest BCUT2D eigenvalue weighted by Gasteiger charge is 2.21. The molecule has 2 aromatic rings. The molecule has 0 radical (unpaired) electrons. The highest BCUT2D eigenvalue weighted by atomic mass is 32.2. The van der Waals surface area contributed by atoms with Crippen LogP contribution in [0.15, 0.2) is 47.4 Å². The zero-order valence-electron chi connectivity index (χ0n) is 19.6. The zero-order valence-corrected chi connectivity index (χ0v) is 20.4. The summed E-state index contributed by atoms with van der Waals surface area (Å²) in [6.07, 6.45) is 2.61. The Hall–Kier alpha value is -3.33. The molecule has 1 N–H and O–H groups in total. The van der Waals surface area contributed by atoms with Crippen LogP contribution >= 0.6 is 0 Å². The Morgan fingerprint density at radius 2 is 1.73 bits per heavy atom. The number of nitrogens with one attached hydrogen (secondary N) is 1. The van der Waals surface area contributed by atoms with Gasteiger partial charge < -0.3 is 19.0 Å². The molecule has 0 spiro atoms. The van der Waals surface area contributed by atoms with Gasteiger partial charge in [-0.3, -0.25) is 4.79 Å². The van der Waals surface area contributed by atoms with E-state index in [1.807, 2.05) is 26.8 Å². The molecule has 0 atom stereocenters. The summed E-state index contributed by atoms with van der Waals surface area (Å²) in [6, 6.07) is 9.59. The second-order valence-electron chi connectivity index (χ2n) is 8.46. The number of carbonyl (C=O) groups excluding carboxylic acids is 2. The number of rotatable bonds is 8. The van der Waals surface area contributed by atoms with Gasteiger partial charge in [0, 0.05) is 11.6 Å². The molecule has 0 aromatic heterocycles. The SMILES string of the molecule is COc1cc(/C=C/C(=O)OCC(=O)NC(C)(C)C)ccc1OS(=O)(=O)c1cc(C)ccc1C. The van der Waals surface area contributed by atoms with Gasteiger partial charge in [0.1, 0.15) is 4.90 Å². The fourth-order valence-corrected chi connectivity index (χ4v) is 4.06. The number of amides is 1. The van der Waals surface area contributed by atoms with Crippen molar-refractivity contribution in [2.75, 3.05) is 13.7 Å². The molecule has 178 valence electrons. The van der Waals surface area contributed by atoms with Gasteiger partial charge in [-0.25, -0.2) is 4.79 Å². The largest absolute Gasteiger partial charge is 0.493 e. The molecule has 2 rings (SSSR count). The van der Waals surface area contributed by atoms with E-state index in [0.29, 0.717) is 11.1 Å². The summed E-state index contributed by atoms with van der Waals surface area (Å²) >= 11 is 0.